The lowest BCUT2D eigenvalue weighted by molar-refractivity contribution is 0.669. The van der Waals surface area contributed by atoms with Crippen molar-refractivity contribution in [2.24, 2.45) is 0 Å². The van der Waals surface area contributed by atoms with Gasteiger partial charge in [-0.1, -0.05) is 115 Å². The predicted molar refractivity (Wildman–Crippen MR) is 177 cm³/mol. The van der Waals surface area contributed by atoms with Crippen molar-refractivity contribution in [3.63, 3.8) is 0 Å². The summed E-state index contributed by atoms with van der Waals surface area (Å²) in [6.07, 6.45) is 0. The van der Waals surface area contributed by atoms with Crippen LogP contribution in [-0.4, -0.2) is 0 Å². The van der Waals surface area contributed by atoms with Crippen LogP contribution in [0.4, 0.5) is 17.1 Å². The Bertz CT molecular complexity index is 2210. The van der Waals surface area contributed by atoms with E-state index in [1.807, 2.05) is 12.1 Å². The highest BCUT2D eigenvalue weighted by molar-refractivity contribution is 6.13. The van der Waals surface area contributed by atoms with Gasteiger partial charge in [-0.15, -0.1) is 0 Å². The Balaban J connectivity index is 1.34. The quantitative estimate of drug-likeness (QED) is 0.217. The zero-order chi connectivity index (χ0) is 27.9. The summed E-state index contributed by atoms with van der Waals surface area (Å²) in [5.74, 6) is 0. The number of fused-ring (bicyclic) bond motifs is 4. The lowest BCUT2D eigenvalue weighted by atomic mass is 9.96. The van der Waals surface area contributed by atoms with Gasteiger partial charge in [-0.2, -0.15) is 0 Å². The molecular formula is C40H27NO. The van der Waals surface area contributed by atoms with Gasteiger partial charge in [0.1, 0.15) is 11.2 Å². The first-order valence-electron chi connectivity index (χ1n) is 14.3. The van der Waals surface area contributed by atoms with Crippen LogP contribution < -0.4 is 4.90 Å². The Kier molecular flexibility index (Phi) is 5.82. The second kappa shape index (κ2) is 10.1. The number of benzene rings is 7. The van der Waals surface area contributed by atoms with Crippen molar-refractivity contribution >= 4 is 49.8 Å². The Labute approximate surface area is 244 Å². The van der Waals surface area contributed by atoms with Crippen molar-refractivity contribution in [2.75, 3.05) is 4.90 Å². The minimum atomic E-state index is 0.896. The van der Waals surface area contributed by atoms with Gasteiger partial charge in [-0.25, -0.2) is 0 Å². The van der Waals surface area contributed by atoms with Crippen molar-refractivity contribution in [2.45, 2.75) is 0 Å². The second-order valence-electron chi connectivity index (χ2n) is 10.6. The number of hydrogen-bond donors (Lipinski definition) is 0. The van der Waals surface area contributed by atoms with E-state index in [0.717, 1.165) is 50.1 Å². The van der Waals surface area contributed by atoms with Crippen LogP contribution in [0.2, 0.25) is 0 Å². The summed E-state index contributed by atoms with van der Waals surface area (Å²) < 4.78 is 6.27. The number of hydrogen-bond acceptors (Lipinski definition) is 2. The fraction of sp³-hybridized carbons (Fsp3) is 0. The van der Waals surface area contributed by atoms with Gasteiger partial charge in [0.05, 0.1) is 5.69 Å². The number of anilines is 3. The maximum absolute atomic E-state index is 6.27. The van der Waals surface area contributed by atoms with Gasteiger partial charge in [0, 0.05) is 27.7 Å². The molecule has 0 aliphatic rings. The molecular weight excluding hydrogens is 510 g/mol. The van der Waals surface area contributed by atoms with Crippen LogP contribution in [0.25, 0.3) is 55.0 Å². The Morgan fingerprint density at radius 2 is 1.07 bits per heavy atom. The van der Waals surface area contributed by atoms with E-state index in [0.29, 0.717) is 0 Å². The Hall–Kier alpha value is -5.60. The first-order chi connectivity index (χ1) is 20.8. The third-order valence-corrected chi connectivity index (χ3v) is 8.04. The summed E-state index contributed by atoms with van der Waals surface area (Å²) in [5.41, 5.74) is 9.79. The SMILES string of the molecule is c1ccc(N(c2cccc(-c3ccc4ccccc4c3)c2)c2ccccc2-c2cccc3oc4ccccc4c23)cc1. The molecule has 2 heteroatoms. The number of furan rings is 1. The number of nitrogens with zero attached hydrogens (tertiary/aromatic N) is 1. The molecule has 0 saturated carbocycles. The average molecular weight is 538 g/mol. The van der Waals surface area contributed by atoms with Crippen LogP contribution in [-0.2, 0) is 0 Å². The van der Waals surface area contributed by atoms with Gasteiger partial charge in [-0.05, 0) is 76.0 Å². The van der Waals surface area contributed by atoms with Crippen molar-refractivity contribution in [3.05, 3.63) is 164 Å². The van der Waals surface area contributed by atoms with E-state index in [1.54, 1.807) is 0 Å². The van der Waals surface area contributed by atoms with Crippen molar-refractivity contribution in [1.82, 2.24) is 0 Å². The van der Waals surface area contributed by atoms with E-state index < -0.39 is 0 Å². The van der Waals surface area contributed by atoms with Crippen molar-refractivity contribution < 1.29 is 4.42 Å². The molecule has 0 aliphatic heterocycles. The van der Waals surface area contributed by atoms with Gasteiger partial charge >= 0.3 is 0 Å². The minimum absolute atomic E-state index is 0.896. The summed E-state index contributed by atoms with van der Waals surface area (Å²) in [7, 11) is 0. The van der Waals surface area contributed by atoms with Crippen molar-refractivity contribution in [3.8, 4) is 22.3 Å². The zero-order valence-electron chi connectivity index (χ0n) is 22.9. The van der Waals surface area contributed by atoms with Gasteiger partial charge in [0.25, 0.3) is 0 Å². The molecule has 8 aromatic rings. The van der Waals surface area contributed by atoms with E-state index in [2.05, 4.69) is 157 Å². The molecule has 0 fully saturated rings. The molecule has 0 N–H and O–H groups in total. The standard InChI is InChI=1S/C40H27NO/c1-2-15-32(16-3-1)41(33-17-10-14-30(27-33)31-25-24-28-12-4-5-13-29(28)26-31)37-21-8-6-18-34(37)35-20-11-23-39-40(35)36-19-7-9-22-38(36)42-39/h1-27H. The largest absolute Gasteiger partial charge is 0.456 e. The fourth-order valence-electron chi connectivity index (χ4n) is 6.09. The molecule has 7 aromatic carbocycles. The molecule has 0 amide bonds. The van der Waals surface area contributed by atoms with Crippen molar-refractivity contribution in [1.29, 1.82) is 0 Å². The third-order valence-electron chi connectivity index (χ3n) is 8.04. The summed E-state index contributed by atoms with van der Waals surface area (Å²) in [4.78, 5) is 2.36. The fourth-order valence-corrected chi connectivity index (χ4v) is 6.09. The molecule has 0 atom stereocenters. The molecule has 1 aromatic heterocycles. The van der Waals surface area contributed by atoms with Gasteiger partial charge < -0.3 is 9.32 Å². The predicted octanol–water partition coefficient (Wildman–Crippen LogP) is 11.5. The molecule has 0 aliphatic carbocycles. The molecule has 8 rings (SSSR count). The maximum Gasteiger partial charge on any atom is 0.136 e. The second-order valence-corrected chi connectivity index (χ2v) is 10.6. The van der Waals surface area contributed by atoms with Gasteiger partial charge in [0.2, 0.25) is 0 Å². The highest BCUT2D eigenvalue weighted by Crippen LogP contribution is 2.45. The smallest absolute Gasteiger partial charge is 0.136 e. The molecule has 0 unspecified atom stereocenters. The summed E-state index contributed by atoms with van der Waals surface area (Å²) >= 11 is 0. The topological polar surface area (TPSA) is 16.4 Å². The molecule has 2 nitrogen and oxygen atoms in total. The molecule has 198 valence electrons. The summed E-state index contributed by atoms with van der Waals surface area (Å²) in [5, 5.41) is 4.75. The summed E-state index contributed by atoms with van der Waals surface area (Å²) in [6.45, 7) is 0. The maximum atomic E-state index is 6.27. The van der Waals surface area contributed by atoms with E-state index in [9.17, 15) is 0 Å². The van der Waals surface area contributed by atoms with E-state index in [-0.39, 0.29) is 0 Å². The monoisotopic (exact) mass is 537 g/mol. The van der Waals surface area contributed by atoms with Crippen LogP contribution in [0, 0.1) is 0 Å². The van der Waals surface area contributed by atoms with E-state index >= 15 is 0 Å². The lowest BCUT2D eigenvalue weighted by Gasteiger charge is -2.28. The van der Waals surface area contributed by atoms with E-state index in [4.69, 9.17) is 4.42 Å². The Morgan fingerprint density at radius 1 is 0.405 bits per heavy atom. The highest BCUT2D eigenvalue weighted by atomic mass is 16.3. The highest BCUT2D eigenvalue weighted by Gasteiger charge is 2.20. The first kappa shape index (κ1) is 24.2. The third kappa shape index (κ3) is 4.13. The van der Waals surface area contributed by atoms with Gasteiger partial charge in [-0.3, -0.25) is 0 Å². The molecule has 0 spiro atoms. The van der Waals surface area contributed by atoms with Crippen LogP contribution in [0.3, 0.4) is 0 Å². The van der Waals surface area contributed by atoms with E-state index in [1.165, 1.54) is 21.9 Å². The average Bonchev–Trinajstić information content (AvgIpc) is 3.45. The van der Waals surface area contributed by atoms with Crippen LogP contribution >= 0.6 is 0 Å². The number of rotatable bonds is 5. The lowest BCUT2D eigenvalue weighted by Crippen LogP contribution is -2.11. The molecule has 0 saturated heterocycles. The molecule has 0 radical (unpaired) electrons. The Morgan fingerprint density at radius 3 is 2.00 bits per heavy atom. The van der Waals surface area contributed by atoms with Gasteiger partial charge in [0.15, 0.2) is 0 Å². The normalized spacial score (nSPS) is 11.3. The molecule has 0 bridgehead atoms. The van der Waals surface area contributed by atoms with Crippen LogP contribution in [0.15, 0.2) is 168 Å². The first-order valence-corrected chi connectivity index (χ1v) is 14.3. The minimum Gasteiger partial charge on any atom is -0.456 e. The molecule has 1 heterocycles. The molecule has 42 heavy (non-hydrogen) atoms. The van der Waals surface area contributed by atoms with Crippen LogP contribution in [0.1, 0.15) is 0 Å². The van der Waals surface area contributed by atoms with Crippen LogP contribution in [0.5, 0.6) is 0 Å². The summed E-state index contributed by atoms with van der Waals surface area (Å²) in [6, 6.07) is 58.0. The zero-order valence-corrected chi connectivity index (χ0v) is 22.9. The number of para-hydroxylation sites is 3.